The molecule has 0 bridgehead atoms. The van der Waals surface area contributed by atoms with Crippen LogP contribution in [0.3, 0.4) is 0 Å². The summed E-state index contributed by atoms with van der Waals surface area (Å²) in [4.78, 5) is 3.86. The van der Waals surface area contributed by atoms with Gasteiger partial charge in [0.1, 0.15) is 18.1 Å². The van der Waals surface area contributed by atoms with E-state index in [0.29, 0.717) is 18.8 Å². The van der Waals surface area contributed by atoms with Crippen LogP contribution in [0.4, 0.5) is 5.69 Å². The molecule has 2 heterocycles. The number of aromatic nitrogens is 3. The predicted molar refractivity (Wildman–Crippen MR) is 65.0 cm³/mol. The molecule has 1 aliphatic rings. The number of nitrogens with zero attached hydrogens (tertiary/aromatic N) is 4. The van der Waals surface area contributed by atoms with Crippen LogP contribution in [-0.2, 0) is 17.9 Å². The van der Waals surface area contributed by atoms with Gasteiger partial charge in [-0.1, -0.05) is 0 Å². The number of hydrogen-bond donors (Lipinski definition) is 1. The molecule has 2 aromatic rings. The Morgan fingerprint density at radius 3 is 3.16 bits per heavy atom. The van der Waals surface area contributed by atoms with Gasteiger partial charge in [0.15, 0.2) is 6.79 Å². The van der Waals surface area contributed by atoms with E-state index in [1.807, 2.05) is 18.2 Å². The number of benzene rings is 1. The van der Waals surface area contributed by atoms with Gasteiger partial charge < -0.3 is 15.2 Å². The number of fused-ring (bicyclic) bond motifs is 1. The number of nitrogens with two attached hydrogens (primary N) is 1. The van der Waals surface area contributed by atoms with Crippen LogP contribution in [0, 0.1) is 11.3 Å². The van der Waals surface area contributed by atoms with E-state index >= 15 is 0 Å². The first-order valence-electron chi connectivity index (χ1n) is 5.67. The zero-order chi connectivity index (χ0) is 13.2. The van der Waals surface area contributed by atoms with Crippen LogP contribution in [0.25, 0.3) is 0 Å². The molecule has 1 aromatic heterocycles. The normalized spacial score (nSPS) is 13.4. The highest BCUT2D eigenvalue weighted by Crippen LogP contribution is 2.31. The maximum absolute atomic E-state index is 8.70. The van der Waals surface area contributed by atoms with E-state index < -0.39 is 0 Å². The molecule has 7 nitrogen and oxygen atoms in total. The van der Waals surface area contributed by atoms with Gasteiger partial charge >= 0.3 is 0 Å². The Labute approximate surface area is 109 Å². The van der Waals surface area contributed by atoms with Gasteiger partial charge in [0, 0.05) is 16.8 Å². The van der Waals surface area contributed by atoms with E-state index in [1.165, 1.54) is 6.33 Å². The minimum Gasteiger partial charge on any atom is -0.467 e. The Hall–Kier alpha value is -2.59. The summed E-state index contributed by atoms with van der Waals surface area (Å²) < 4.78 is 12.3. The molecular weight excluding hydrogens is 246 g/mol. The van der Waals surface area contributed by atoms with Crippen LogP contribution in [0.5, 0.6) is 5.75 Å². The third kappa shape index (κ3) is 2.21. The first-order valence-corrected chi connectivity index (χ1v) is 5.67. The minimum atomic E-state index is 0.141. The van der Waals surface area contributed by atoms with Gasteiger partial charge in [-0.15, -0.1) is 5.10 Å². The van der Waals surface area contributed by atoms with Crippen molar-refractivity contribution in [3.05, 3.63) is 35.4 Å². The highest BCUT2D eigenvalue weighted by atomic mass is 16.7. The Kier molecular flexibility index (Phi) is 2.78. The largest absolute Gasteiger partial charge is 0.467 e. The lowest BCUT2D eigenvalue weighted by Crippen LogP contribution is -2.15. The van der Waals surface area contributed by atoms with Crippen molar-refractivity contribution in [2.24, 2.45) is 0 Å². The molecule has 0 radical (unpaired) electrons. The third-order valence-electron chi connectivity index (χ3n) is 2.78. The van der Waals surface area contributed by atoms with Crippen molar-refractivity contribution in [1.82, 2.24) is 14.8 Å². The van der Waals surface area contributed by atoms with Crippen molar-refractivity contribution in [2.75, 3.05) is 12.5 Å². The molecule has 0 saturated carbocycles. The Balaban J connectivity index is 1.96. The summed E-state index contributed by atoms with van der Waals surface area (Å²) in [6.45, 7) is 1.15. The summed E-state index contributed by atoms with van der Waals surface area (Å²) in [6, 6.07) is 5.55. The second-order valence-electron chi connectivity index (χ2n) is 4.16. The summed E-state index contributed by atoms with van der Waals surface area (Å²) in [6.07, 6.45) is 1.51. The van der Waals surface area contributed by atoms with Gasteiger partial charge in [-0.05, 0) is 12.1 Å². The second-order valence-corrected chi connectivity index (χ2v) is 4.16. The van der Waals surface area contributed by atoms with Crippen molar-refractivity contribution >= 4 is 5.69 Å². The zero-order valence-electron chi connectivity index (χ0n) is 10.0. The monoisotopic (exact) mass is 257 g/mol. The van der Waals surface area contributed by atoms with E-state index in [9.17, 15) is 0 Å². The molecule has 96 valence electrons. The molecule has 3 rings (SSSR count). The molecule has 0 unspecified atom stereocenters. The highest BCUT2D eigenvalue weighted by molar-refractivity contribution is 5.53. The fourth-order valence-electron chi connectivity index (χ4n) is 2.04. The molecule has 0 saturated heterocycles. The predicted octanol–water partition coefficient (Wildman–Crippen LogP) is 0.647. The zero-order valence-corrected chi connectivity index (χ0v) is 10.0. The van der Waals surface area contributed by atoms with Crippen molar-refractivity contribution < 1.29 is 9.47 Å². The van der Waals surface area contributed by atoms with E-state index in [4.69, 9.17) is 20.5 Å². The van der Waals surface area contributed by atoms with Crippen LogP contribution in [0.1, 0.15) is 17.0 Å². The first-order chi connectivity index (χ1) is 9.26. The lowest BCUT2D eigenvalue weighted by molar-refractivity contribution is -0.0170. The lowest BCUT2D eigenvalue weighted by atomic mass is 10.1. The van der Waals surface area contributed by atoms with Crippen LogP contribution < -0.4 is 10.5 Å². The van der Waals surface area contributed by atoms with E-state index in [2.05, 4.69) is 10.1 Å². The SMILES string of the molecule is N#Cc1ncn(Cc2cc(N)cc3c2OCOC3)n1. The standard InChI is InChI=1S/C12H11N5O2/c13-3-11-15-6-17(16-11)4-8-1-10(14)2-9-5-18-7-19-12(8)9/h1-2,6H,4-5,7,14H2. The van der Waals surface area contributed by atoms with E-state index in [-0.39, 0.29) is 12.6 Å². The summed E-state index contributed by atoms with van der Waals surface area (Å²) in [5.74, 6) is 0.913. The fourth-order valence-corrected chi connectivity index (χ4v) is 2.04. The van der Waals surface area contributed by atoms with Gasteiger partial charge in [0.25, 0.3) is 5.82 Å². The summed E-state index contributed by atoms with van der Waals surface area (Å²) in [7, 11) is 0. The van der Waals surface area contributed by atoms with Gasteiger partial charge in [0.05, 0.1) is 13.2 Å². The molecular formula is C12H11N5O2. The molecule has 1 aliphatic heterocycles. The van der Waals surface area contributed by atoms with Gasteiger partial charge in [-0.2, -0.15) is 5.26 Å². The number of ether oxygens (including phenoxy) is 2. The molecule has 0 aliphatic carbocycles. The summed E-state index contributed by atoms with van der Waals surface area (Å²) >= 11 is 0. The van der Waals surface area contributed by atoms with E-state index in [0.717, 1.165) is 16.9 Å². The van der Waals surface area contributed by atoms with Gasteiger partial charge in [-0.3, -0.25) is 0 Å². The average Bonchev–Trinajstić information content (AvgIpc) is 2.86. The van der Waals surface area contributed by atoms with Crippen LogP contribution in [0.2, 0.25) is 0 Å². The summed E-state index contributed by atoms with van der Waals surface area (Å²) in [5, 5.41) is 12.7. The van der Waals surface area contributed by atoms with Crippen molar-refractivity contribution in [2.45, 2.75) is 13.2 Å². The van der Waals surface area contributed by atoms with Crippen molar-refractivity contribution in [1.29, 1.82) is 5.26 Å². The fraction of sp³-hybridized carbons (Fsp3) is 0.250. The van der Waals surface area contributed by atoms with E-state index in [1.54, 1.807) is 4.68 Å². The van der Waals surface area contributed by atoms with Crippen molar-refractivity contribution in [3.63, 3.8) is 0 Å². The smallest absolute Gasteiger partial charge is 0.252 e. The molecule has 0 fully saturated rings. The Morgan fingerprint density at radius 1 is 1.47 bits per heavy atom. The quantitative estimate of drug-likeness (QED) is 0.793. The number of rotatable bonds is 2. The summed E-state index contributed by atoms with van der Waals surface area (Å²) in [5.41, 5.74) is 8.32. The average molecular weight is 257 g/mol. The molecule has 2 N–H and O–H groups in total. The molecule has 7 heteroatoms. The Bertz CT molecular complexity index is 659. The number of nitrogen functional groups attached to an aromatic ring is 1. The molecule has 0 atom stereocenters. The van der Waals surface area contributed by atoms with Crippen LogP contribution in [-0.4, -0.2) is 21.6 Å². The number of anilines is 1. The van der Waals surface area contributed by atoms with Crippen LogP contribution in [0.15, 0.2) is 18.5 Å². The molecule has 0 spiro atoms. The molecule has 0 amide bonds. The van der Waals surface area contributed by atoms with Crippen LogP contribution >= 0.6 is 0 Å². The number of hydrogen-bond acceptors (Lipinski definition) is 6. The molecule has 1 aromatic carbocycles. The Morgan fingerprint density at radius 2 is 2.37 bits per heavy atom. The third-order valence-corrected chi connectivity index (χ3v) is 2.78. The van der Waals surface area contributed by atoms with Gasteiger partial charge in [0.2, 0.25) is 0 Å². The maximum atomic E-state index is 8.70. The van der Waals surface area contributed by atoms with Crippen molar-refractivity contribution in [3.8, 4) is 11.8 Å². The topological polar surface area (TPSA) is 99.0 Å². The maximum Gasteiger partial charge on any atom is 0.252 e. The lowest BCUT2D eigenvalue weighted by Gasteiger charge is -2.21. The first kappa shape index (κ1) is 11.5. The highest BCUT2D eigenvalue weighted by Gasteiger charge is 2.16. The minimum absolute atomic E-state index is 0.141. The second kappa shape index (κ2) is 4.59. The van der Waals surface area contributed by atoms with Gasteiger partial charge in [-0.25, -0.2) is 9.67 Å². The molecule has 19 heavy (non-hydrogen) atoms. The number of nitriles is 1.